The number of rotatable bonds is 11. The highest BCUT2D eigenvalue weighted by atomic mass is 32.1. The maximum absolute atomic E-state index is 13.2. The van der Waals surface area contributed by atoms with E-state index in [9.17, 15) is 24.0 Å². The van der Waals surface area contributed by atoms with Crippen LogP contribution in [0.5, 0.6) is 5.75 Å². The lowest BCUT2D eigenvalue weighted by Crippen LogP contribution is -2.49. The van der Waals surface area contributed by atoms with Gasteiger partial charge >= 0.3 is 5.97 Å². The molecule has 1 saturated heterocycles. The third kappa shape index (κ3) is 6.12. The van der Waals surface area contributed by atoms with Crippen LogP contribution in [0, 0.1) is 12.8 Å². The molecule has 1 aliphatic rings. The number of imidazole rings is 1. The average Bonchev–Trinajstić information content (AvgIpc) is 3.69. The van der Waals surface area contributed by atoms with Gasteiger partial charge in [0.05, 0.1) is 25.4 Å². The Balaban J connectivity index is 1.22. The number of H-pyrrole nitrogens is 1. The van der Waals surface area contributed by atoms with E-state index in [-0.39, 0.29) is 23.7 Å². The Kier molecular flexibility index (Phi) is 8.52. The minimum atomic E-state index is -1.11. The molecule has 0 spiro atoms. The van der Waals surface area contributed by atoms with Gasteiger partial charge in [-0.2, -0.15) is 0 Å². The van der Waals surface area contributed by atoms with E-state index in [2.05, 4.69) is 25.9 Å². The smallest absolute Gasteiger partial charge is 0.357 e. The number of aromatic amines is 1. The number of methoxy groups -OCH3 is 1. The highest BCUT2D eigenvalue weighted by molar-refractivity contribution is 7.15. The second-order valence-corrected chi connectivity index (χ2v) is 10.8. The summed E-state index contributed by atoms with van der Waals surface area (Å²) in [5.74, 6) is -2.57. The molecule has 0 aliphatic carbocycles. The van der Waals surface area contributed by atoms with Crippen molar-refractivity contribution in [3.05, 3.63) is 52.9 Å². The number of hydrogen-bond acceptors (Lipinski definition) is 9. The highest BCUT2D eigenvalue weighted by Crippen LogP contribution is 2.26. The maximum atomic E-state index is 13.2. The van der Waals surface area contributed by atoms with E-state index in [1.54, 1.807) is 47.2 Å². The first kappa shape index (κ1) is 28.8. The third-order valence-electron chi connectivity index (χ3n) is 7.12. The molecule has 4 N–H and O–H groups in total. The lowest BCUT2D eigenvalue weighted by Gasteiger charge is -2.26. The molecule has 13 nitrogen and oxygen atoms in total. The van der Waals surface area contributed by atoms with E-state index in [1.807, 2.05) is 0 Å². The van der Waals surface area contributed by atoms with Gasteiger partial charge in [0, 0.05) is 34.9 Å². The van der Waals surface area contributed by atoms with E-state index in [1.165, 1.54) is 18.4 Å². The Morgan fingerprint density at radius 1 is 1.26 bits per heavy atom. The second-order valence-electron chi connectivity index (χ2n) is 9.92. The van der Waals surface area contributed by atoms with Crippen LogP contribution >= 0.6 is 11.3 Å². The van der Waals surface area contributed by atoms with Gasteiger partial charge in [-0.05, 0) is 44.4 Å². The van der Waals surface area contributed by atoms with Crippen molar-refractivity contribution >= 4 is 56.7 Å². The lowest BCUT2D eigenvalue weighted by atomic mass is 9.90. The van der Waals surface area contributed by atoms with Crippen LogP contribution in [0.4, 0.5) is 0 Å². The van der Waals surface area contributed by atoms with Crippen molar-refractivity contribution in [1.82, 2.24) is 30.3 Å². The number of fused-ring (bicyclic) bond motifs is 2. The SMILES string of the molecule is COc1cccc2[nH]c(C(=O)NCC(=O)N[C@@H](C[C@@H]3CCCNC3=O)C(=O)COC(=O)c3c(C)nc4sccn34)cc12. The van der Waals surface area contributed by atoms with Crippen molar-refractivity contribution in [3.63, 3.8) is 0 Å². The number of carbonyl (C=O) groups excluding carboxylic acids is 5. The van der Waals surface area contributed by atoms with Crippen LogP contribution in [-0.2, 0) is 19.1 Å². The molecule has 42 heavy (non-hydrogen) atoms. The first-order valence-electron chi connectivity index (χ1n) is 13.4. The first-order valence-corrected chi connectivity index (χ1v) is 14.3. The van der Waals surface area contributed by atoms with Crippen LogP contribution in [-0.4, -0.2) is 76.7 Å². The van der Waals surface area contributed by atoms with Gasteiger partial charge in [-0.3, -0.25) is 23.6 Å². The Bertz CT molecular complexity index is 1670. The number of benzene rings is 1. The topological polar surface area (TPSA) is 173 Å². The number of esters is 1. The van der Waals surface area contributed by atoms with E-state index >= 15 is 0 Å². The first-order chi connectivity index (χ1) is 20.2. The lowest BCUT2D eigenvalue weighted by molar-refractivity contribution is -0.132. The fourth-order valence-corrected chi connectivity index (χ4v) is 5.75. The fourth-order valence-electron chi connectivity index (χ4n) is 4.99. The molecule has 0 saturated carbocycles. The molecule has 1 fully saturated rings. The summed E-state index contributed by atoms with van der Waals surface area (Å²) < 4.78 is 12.2. The van der Waals surface area contributed by atoms with E-state index < -0.39 is 48.7 Å². The molecule has 3 amide bonds. The highest BCUT2D eigenvalue weighted by Gasteiger charge is 2.31. The van der Waals surface area contributed by atoms with Gasteiger partial charge in [0.2, 0.25) is 11.8 Å². The van der Waals surface area contributed by atoms with Gasteiger partial charge < -0.3 is 30.4 Å². The predicted molar refractivity (Wildman–Crippen MR) is 153 cm³/mol. The average molecular weight is 595 g/mol. The summed E-state index contributed by atoms with van der Waals surface area (Å²) in [7, 11) is 1.53. The molecule has 4 heterocycles. The Morgan fingerprint density at radius 2 is 2.10 bits per heavy atom. The number of ketones is 1. The standard InChI is InChI=1S/C28H30N6O7S/c1-15-24(34-9-10-42-28(34)31-15)27(39)41-14-21(35)19(11-16-5-4-8-29-25(16)37)33-23(36)13-30-26(38)20-12-17-18(32-20)6-3-7-22(17)40-2/h3,6-7,9-10,12,16,19,32H,4-5,8,11,13-14H2,1-2H3,(H,29,37)(H,30,38)(H,33,36)/t16-,19-/m0/s1. The number of amides is 3. The minimum absolute atomic E-state index is 0.0319. The molecule has 1 aliphatic heterocycles. The molecule has 4 aromatic rings. The van der Waals surface area contributed by atoms with E-state index in [4.69, 9.17) is 9.47 Å². The van der Waals surface area contributed by atoms with Crippen molar-refractivity contribution in [2.45, 2.75) is 32.2 Å². The molecule has 220 valence electrons. The number of Topliss-reactive ketones (excluding diaryl/α,β-unsaturated/α-hetero) is 1. The number of piperidine rings is 1. The van der Waals surface area contributed by atoms with Crippen molar-refractivity contribution in [2.75, 3.05) is 26.8 Å². The molecule has 2 atom stereocenters. The number of carbonyl (C=O) groups is 5. The molecular weight excluding hydrogens is 564 g/mol. The number of aryl methyl sites for hydroxylation is 1. The fraction of sp³-hybridized carbons (Fsp3) is 0.357. The number of aromatic nitrogens is 3. The summed E-state index contributed by atoms with van der Waals surface area (Å²) in [5.41, 5.74) is 1.60. The molecule has 0 radical (unpaired) electrons. The van der Waals surface area contributed by atoms with Crippen LogP contribution < -0.4 is 20.7 Å². The van der Waals surface area contributed by atoms with Crippen LogP contribution in [0.2, 0.25) is 0 Å². The number of nitrogens with one attached hydrogen (secondary N) is 4. The Labute approximate surface area is 244 Å². The number of ether oxygens (including phenoxy) is 2. The van der Waals surface area contributed by atoms with Crippen LogP contribution in [0.15, 0.2) is 35.8 Å². The van der Waals surface area contributed by atoms with Gasteiger partial charge in [0.25, 0.3) is 5.91 Å². The zero-order chi connectivity index (χ0) is 29.8. The molecular formula is C28H30N6O7S. The quantitative estimate of drug-likeness (QED) is 0.190. The summed E-state index contributed by atoms with van der Waals surface area (Å²) in [4.78, 5) is 71.9. The van der Waals surface area contributed by atoms with Crippen LogP contribution in [0.25, 0.3) is 15.9 Å². The van der Waals surface area contributed by atoms with Crippen LogP contribution in [0.3, 0.4) is 0 Å². The van der Waals surface area contributed by atoms with E-state index in [0.29, 0.717) is 40.3 Å². The summed E-state index contributed by atoms with van der Waals surface area (Å²) in [5, 5.41) is 10.4. The normalized spacial score (nSPS) is 15.7. The van der Waals surface area contributed by atoms with E-state index in [0.717, 1.165) is 6.42 Å². The van der Waals surface area contributed by atoms with Gasteiger partial charge in [-0.15, -0.1) is 11.3 Å². The summed E-state index contributed by atoms with van der Waals surface area (Å²) in [6.45, 7) is 1.18. The Hall–Kier alpha value is -4.72. The second kappa shape index (κ2) is 12.4. The van der Waals surface area contributed by atoms with Crippen molar-refractivity contribution in [1.29, 1.82) is 0 Å². The van der Waals surface area contributed by atoms with Crippen molar-refractivity contribution in [3.8, 4) is 5.75 Å². The third-order valence-corrected chi connectivity index (χ3v) is 7.87. The molecule has 3 aromatic heterocycles. The Morgan fingerprint density at radius 3 is 2.88 bits per heavy atom. The van der Waals surface area contributed by atoms with Gasteiger partial charge in [-0.1, -0.05) is 6.07 Å². The summed E-state index contributed by atoms with van der Waals surface area (Å²) >= 11 is 1.36. The zero-order valence-electron chi connectivity index (χ0n) is 23.0. The zero-order valence-corrected chi connectivity index (χ0v) is 23.8. The molecule has 14 heteroatoms. The largest absolute Gasteiger partial charge is 0.496 e. The van der Waals surface area contributed by atoms with Crippen molar-refractivity contribution in [2.24, 2.45) is 5.92 Å². The summed E-state index contributed by atoms with van der Waals surface area (Å²) in [6, 6.07) is 5.86. The minimum Gasteiger partial charge on any atom is -0.496 e. The monoisotopic (exact) mass is 594 g/mol. The van der Waals surface area contributed by atoms with Crippen LogP contribution in [0.1, 0.15) is 45.9 Å². The molecule has 0 unspecified atom stereocenters. The van der Waals surface area contributed by atoms with Gasteiger partial charge in [-0.25, -0.2) is 9.78 Å². The van der Waals surface area contributed by atoms with Gasteiger partial charge in [0.15, 0.2) is 23.0 Å². The number of thiazole rings is 1. The van der Waals surface area contributed by atoms with Gasteiger partial charge in [0.1, 0.15) is 11.4 Å². The van der Waals surface area contributed by atoms with Crippen molar-refractivity contribution < 1.29 is 33.4 Å². The number of hydrogen-bond donors (Lipinski definition) is 4. The summed E-state index contributed by atoms with van der Waals surface area (Å²) in [6.07, 6.45) is 3.01. The number of nitrogens with zero attached hydrogens (tertiary/aromatic N) is 2. The molecule has 1 aromatic carbocycles. The molecule has 0 bridgehead atoms. The maximum Gasteiger partial charge on any atom is 0.357 e. The predicted octanol–water partition coefficient (Wildman–Crippen LogP) is 1.75. The molecule has 5 rings (SSSR count).